The fraction of sp³-hybridized carbons (Fsp3) is 0.944. The number of rotatable bonds is 17. The first-order chi connectivity index (χ1) is 11.0. The van der Waals surface area contributed by atoms with Crippen LogP contribution < -0.4 is 5.32 Å². The van der Waals surface area contributed by atoms with Crippen molar-refractivity contribution in [1.29, 1.82) is 0 Å². The van der Waals surface area contributed by atoms with Gasteiger partial charge in [-0.15, -0.1) is 0 Å². The molecule has 5 heteroatoms. The van der Waals surface area contributed by atoms with E-state index in [1.807, 2.05) is 0 Å². The molecule has 0 aliphatic rings. The topological polar surface area (TPSA) is 56.8 Å². The second-order valence-electron chi connectivity index (χ2n) is 6.69. The normalized spacial score (nSPS) is 11.6. The van der Waals surface area contributed by atoms with Crippen molar-refractivity contribution in [3.05, 3.63) is 0 Å². The maximum absolute atomic E-state index is 11.6. The van der Waals surface area contributed by atoms with E-state index in [0.717, 1.165) is 26.0 Å². The molecule has 0 fully saturated rings. The first kappa shape index (κ1) is 22.5. The van der Waals surface area contributed by atoms with E-state index in [2.05, 4.69) is 33.0 Å². The molecule has 0 unspecified atom stereocenters. The molecule has 0 aliphatic heterocycles. The van der Waals surface area contributed by atoms with Gasteiger partial charge in [0.15, 0.2) is 0 Å². The lowest BCUT2D eigenvalue weighted by atomic mass is 10.1. The molecule has 0 bridgehead atoms. The Balaban J connectivity index is 3.14. The van der Waals surface area contributed by atoms with Gasteiger partial charge in [0.1, 0.15) is 5.78 Å². The molecule has 23 heavy (non-hydrogen) atoms. The van der Waals surface area contributed by atoms with Crippen LogP contribution in [0.15, 0.2) is 0 Å². The smallest absolute Gasteiger partial charge is 0.146 e. The van der Waals surface area contributed by atoms with Crippen molar-refractivity contribution in [2.45, 2.75) is 47.0 Å². The fourth-order valence-electron chi connectivity index (χ4n) is 1.82. The molecule has 0 rings (SSSR count). The monoisotopic (exact) mass is 331 g/mol. The van der Waals surface area contributed by atoms with Crippen LogP contribution >= 0.6 is 0 Å². The predicted molar refractivity (Wildman–Crippen MR) is 93.9 cm³/mol. The molecule has 0 aromatic heterocycles. The van der Waals surface area contributed by atoms with Gasteiger partial charge in [-0.3, -0.25) is 4.79 Å². The van der Waals surface area contributed by atoms with Crippen molar-refractivity contribution >= 4 is 5.78 Å². The Morgan fingerprint density at radius 1 is 0.826 bits per heavy atom. The van der Waals surface area contributed by atoms with Crippen LogP contribution in [0.25, 0.3) is 0 Å². The van der Waals surface area contributed by atoms with Crippen molar-refractivity contribution < 1.29 is 19.0 Å². The van der Waals surface area contributed by atoms with E-state index in [4.69, 9.17) is 14.2 Å². The molecule has 0 aromatic carbocycles. The second-order valence-corrected chi connectivity index (χ2v) is 6.69. The standard InChI is InChI=1S/C18H37NO4/c1-16(2)7-9-22-11-13-23-12-10-21-8-5-6-18(20)15-19-14-17(3)4/h16-17,19H,5-15H2,1-4H3. The van der Waals surface area contributed by atoms with Crippen LogP contribution in [0.3, 0.4) is 0 Å². The third-order valence-corrected chi connectivity index (χ3v) is 3.20. The Hall–Kier alpha value is -0.490. The first-order valence-corrected chi connectivity index (χ1v) is 8.98. The third kappa shape index (κ3) is 19.5. The summed E-state index contributed by atoms with van der Waals surface area (Å²) >= 11 is 0. The minimum absolute atomic E-state index is 0.254. The number of carbonyl (C=O) groups excluding carboxylic acids is 1. The SMILES string of the molecule is CC(C)CCOCCOCCOCCCC(=O)CNCC(C)C. The van der Waals surface area contributed by atoms with Crippen molar-refractivity contribution in [3.63, 3.8) is 0 Å². The maximum atomic E-state index is 11.6. The zero-order valence-electron chi connectivity index (χ0n) is 15.6. The zero-order chi connectivity index (χ0) is 17.3. The number of ether oxygens (including phenoxy) is 3. The minimum atomic E-state index is 0.254. The van der Waals surface area contributed by atoms with Crippen molar-refractivity contribution in [1.82, 2.24) is 5.32 Å². The second kappa shape index (κ2) is 16.4. The van der Waals surface area contributed by atoms with E-state index >= 15 is 0 Å². The summed E-state index contributed by atoms with van der Waals surface area (Å²) in [7, 11) is 0. The molecular formula is C18H37NO4. The molecule has 0 saturated heterocycles. The van der Waals surface area contributed by atoms with Gasteiger partial charge >= 0.3 is 0 Å². The highest BCUT2D eigenvalue weighted by Crippen LogP contribution is 1.98. The van der Waals surface area contributed by atoms with Crippen LogP contribution in [0.4, 0.5) is 0 Å². The molecule has 0 spiro atoms. The van der Waals surface area contributed by atoms with Gasteiger partial charge in [-0.2, -0.15) is 0 Å². The van der Waals surface area contributed by atoms with Crippen LogP contribution in [-0.2, 0) is 19.0 Å². The van der Waals surface area contributed by atoms with Crippen LogP contribution in [-0.4, -0.2) is 58.5 Å². The van der Waals surface area contributed by atoms with Crippen molar-refractivity contribution in [3.8, 4) is 0 Å². The van der Waals surface area contributed by atoms with Crippen LogP contribution in [0, 0.1) is 11.8 Å². The van der Waals surface area contributed by atoms with Gasteiger partial charge in [0.25, 0.3) is 0 Å². The minimum Gasteiger partial charge on any atom is -0.379 e. The third-order valence-electron chi connectivity index (χ3n) is 3.20. The molecule has 138 valence electrons. The molecule has 0 heterocycles. The van der Waals surface area contributed by atoms with Crippen molar-refractivity contribution in [2.75, 3.05) is 52.7 Å². The zero-order valence-corrected chi connectivity index (χ0v) is 15.6. The Morgan fingerprint density at radius 2 is 1.39 bits per heavy atom. The van der Waals surface area contributed by atoms with E-state index in [1.165, 1.54) is 0 Å². The van der Waals surface area contributed by atoms with E-state index in [9.17, 15) is 4.79 Å². The van der Waals surface area contributed by atoms with Gasteiger partial charge in [-0.05, 0) is 31.2 Å². The molecule has 0 aliphatic carbocycles. The molecule has 0 atom stereocenters. The molecule has 0 amide bonds. The van der Waals surface area contributed by atoms with Gasteiger partial charge in [-0.25, -0.2) is 0 Å². The molecule has 1 N–H and O–H groups in total. The largest absolute Gasteiger partial charge is 0.379 e. The van der Waals surface area contributed by atoms with Gasteiger partial charge in [0.2, 0.25) is 0 Å². The fourth-order valence-corrected chi connectivity index (χ4v) is 1.82. The number of nitrogens with one attached hydrogen (secondary N) is 1. The maximum Gasteiger partial charge on any atom is 0.146 e. The Kier molecular flexibility index (Phi) is 16.0. The summed E-state index contributed by atoms with van der Waals surface area (Å²) in [6.45, 7) is 13.8. The highest BCUT2D eigenvalue weighted by atomic mass is 16.5. The summed E-state index contributed by atoms with van der Waals surface area (Å²) in [4.78, 5) is 11.6. The van der Waals surface area contributed by atoms with E-state index in [0.29, 0.717) is 57.8 Å². The van der Waals surface area contributed by atoms with Crippen LogP contribution in [0.2, 0.25) is 0 Å². The summed E-state index contributed by atoms with van der Waals surface area (Å²) in [5.41, 5.74) is 0. The van der Waals surface area contributed by atoms with Gasteiger partial charge in [-0.1, -0.05) is 27.7 Å². The van der Waals surface area contributed by atoms with Crippen LogP contribution in [0.1, 0.15) is 47.0 Å². The summed E-state index contributed by atoms with van der Waals surface area (Å²) < 4.78 is 16.3. The lowest BCUT2D eigenvalue weighted by Crippen LogP contribution is -2.26. The lowest BCUT2D eigenvalue weighted by molar-refractivity contribution is -0.118. The number of hydrogen-bond acceptors (Lipinski definition) is 5. The van der Waals surface area contributed by atoms with E-state index < -0.39 is 0 Å². The number of carbonyl (C=O) groups is 1. The summed E-state index contributed by atoms with van der Waals surface area (Å²) in [5, 5.41) is 3.16. The highest BCUT2D eigenvalue weighted by Gasteiger charge is 2.02. The van der Waals surface area contributed by atoms with Gasteiger partial charge in [0.05, 0.1) is 33.0 Å². The molecule has 5 nitrogen and oxygen atoms in total. The van der Waals surface area contributed by atoms with Gasteiger partial charge < -0.3 is 19.5 Å². The Labute approximate surface area is 142 Å². The van der Waals surface area contributed by atoms with Gasteiger partial charge in [0, 0.05) is 19.6 Å². The Bertz CT molecular complexity index is 270. The molecule has 0 aromatic rings. The van der Waals surface area contributed by atoms with E-state index in [-0.39, 0.29) is 5.78 Å². The quantitative estimate of drug-likeness (QED) is 0.415. The molecule has 0 radical (unpaired) electrons. The van der Waals surface area contributed by atoms with E-state index in [1.54, 1.807) is 0 Å². The average molecular weight is 331 g/mol. The number of Topliss-reactive ketones (excluding diaryl/α,β-unsaturated/α-hetero) is 1. The van der Waals surface area contributed by atoms with Crippen LogP contribution in [0.5, 0.6) is 0 Å². The highest BCUT2D eigenvalue weighted by molar-refractivity contribution is 5.80. The number of hydrogen-bond donors (Lipinski definition) is 1. The lowest BCUT2D eigenvalue weighted by Gasteiger charge is -2.08. The first-order valence-electron chi connectivity index (χ1n) is 8.98. The summed E-state index contributed by atoms with van der Waals surface area (Å²) in [6.07, 6.45) is 2.45. The van der Waals surface area contributed by atoms with Crippen molar-refractivity contribution in [2.24, 2.45) is 11.8 Å². The Morgan fingerprint density at radius 3 is 1.96 bits per heavy atom. The molecule has 0 saturated carbocycles. The summed E-state index contributed by atoms with van der Waals surface area (Å²) in [6, 6.07) is 0. The average Bonchev–Trinajstić information content (AvgIpc) is 2.47. The predicted octanol–water partition coefficient (Wildman–Crippen LogP) is 2.68. The summed E-state index contributed by atoms with van der Waals surface area (Å²) in [5.74, 6) is 1.51. The molecular weight excluding hydrogens is 294 g/mol. The number of ketones is 1.